The summed E-state index contributed by atoms with van der Waals surface area (Å²) in [4.78, 5) is 41.5. The van der Waals surface area contributed by atoms with Crippen molar-refractivity contribution >= 4 is 28.6 Å². The maximum Gasteiger partial charge on any atom is 0.434 e. The number of rotatable bonds is 9. The maximum absolute atomic E-state index is 13.4. The summed E-state index contributed by atoms with van der Waals surface area (Å²) in [6.45, 7) is 0.161. The monoisotopic (exact) mass is 547 g/mol. The zero-order valence-corrected chi connectivity index (χ0v) is 21.9. The van der Waals surface area contributed by atoms with Gasteiger partial charge in [-0.15, -0.1) is 5.10 Å². The Morgan fingerprint density at radius 3 is 2.68 bits per heavy atom. The van der Waals surface area contributed by atoms with Crippen molar-refractivity contribution in [2.24, 2.45) is 0 Å². The van der Waals surface area contributed by atoms with Crippen LogP contribution in [0.4, 0.5) is 11.8 Å². The summed E-state index contributed by atoms with van der Waals surface area (Å²) in [7, 11) is 1.75. The fourth-order valence-corrected chi connectivity index (χ4v) is 4.47. The van der Waals surface area contributed by atoms with Crippen LogP contribution in [0.3, 0.4) is 0 Å². The number of aromatic nitrogens is 6. The molecular formula is C29H25N9O3. The van der Waals surface area contributed by atoms with E-state index in [-0.39, 0.29) is 18.3 Å². The number of benzene rings is 2. The molecule has 5 N–H and O–H groups in total. The number of aromatic amines is 2. The topological polar surface area (TPSA) is 167 Å². The Hall–Kier alpha value is -5.78. The number of carbonyl (C=O) groups is 1. The van der Waals surface area contributed by atoms with Gasteiger partial charge in [-0.3, -0.25) is 4.79 Å². The molecule has 4 aromatic heterocycles. The van der Waals surface area contributed by atoms with E-state index in [0.29, 0.717) is 17.3 Å². The summed E-state index contributed by atoms with van der Waals surface area (Å²) in [6, 6.07) is 21.9. The molecule has 41 heavy (non-hydrogen) atoms. The number of hydrogen-bond acceptors (Lipinski definition) is 9. The van der Waals surface area contributed by atoms with E-state index in [9.17, 15) is 9.59 Å². The zero-order valence-electron chi connectivity index (χ0n) is 21.9. The number of hydrogen-bond donors (Lipinski definition) is 5. The van der Waals surface area contributed by atoms with Gasteiger partial charge in [-0.05, 0) is 48.0 Å². The van der Waals surface area contributed by atoms with E-state index >= 15 is 0 Å². The number of pyridine rings is 1. The third kappa shape index (κ3) is 5.52. The second kappa shape index (κ2) is 11.1. The molecule has 0 spiro atoms. The Bertz CT molecular complexity index is 1880. The van der Waals surface area contributed by atoms with E-state index in [1.165, 1.54) is 0 Å². The molecule has 0 saturated carbocycles. The molecule has 0 aliphatic heterocycles. The van der Waals surface area contributed by atoms with Crippen molar-refractivity contribution in [3.63, 3.8) is 0 Å². The summed E-state index contributed by atoms with van der Waals surface area (Å²) in [6.07, 6.45) is 3.35. The lowest BCUT2D eigenvalue weighted by Gasteiger charge is -2.18. The molecule has 6 rings (SSSR count). The first-order chi connectivity index (χ1) is 20.1. The minimum atomic E-state index is -0.773. The van der Waals surface area contributed by atoms with Crippen LogP contribution >= 0.6 is 0 Å². The van der Waals surface area contributed by atoms with E-state index in [4.69, 9.17) is 4.42 Å². The van der Waals surface area contributed by atoms with Crippen molar-refractivity contribution in [3.8, 4) is 22.5 Å². The summed E-state index contributed by atoms with van der Waals surface area (Å²) in [5, 5.41) is 16.2. The number of nitrogens with one attached hydrogen (secondary N) is 5. The minimum Gasteiger partial charge on any atom is -0.390 e. The lowest BCUT2D eigenvalue weighted by Crippen LogP contribution is -2.33. The van der Waals surface area contributed by atoms with Crippen molar-refractivity contribution in [2.45, 2.75) is 6.04 Å². The van der Waals surface area contributed by atoms with Crippen LogP contribution in [-0.4, -0.2) is 49.6 Å². The van der Waals surface area contributed by atoms with Gasteiger partial charge in [0.2, 0.25) is 11.8 Å². The first-order valence-electron chi connectivity index (χ1n) is 12.8. The summed E-state index contributed by atoms with van der Waals surface area (Å²) >= 11 is 0. The van der Waals surface area contributed by atoms with Crippen molar-refractivity contribution in [1.29, 1.82) is 0 Å². The predicted molar refractivity (Wildman–Crippen MR) is 154 cm³/mol. The number of amides is 1. The van der Waals surface area contributed by atoms with Gasteiger partial charge >= 0.3 is 5.76 Å². The Morgan fingerprint density at radius 2 is 1.88 bits per heavy atom. The maximum atomic E-state index is 13.4. The van der Waals surface area contributed by atoms with E-state index < -0.39 is 11.8 Å². The highest BCUT2D eigenvalue weighted by Gasteiger charge is 2.22. The second-order valence-corrected chi connectivity index (χ2v) is 9.12. The third-order valence-corrected chi connectivity index (χ3v) is 6.46. The Kier molecular flexibility index (Phi) is 6.93. The molecule has 1 atom stereocenters. The number of H-pyrrole nitrogens is 2. The Balaban J connectivity index is 1.24. The van der Waals surface area contributed by atoms with E-state index in [2.05, 4.69) is 46.1 Å². The fraction of sp³-hybridized carbons (Fsp3) is 0.103. The van der Waals surface area contributed by atoms with Crippen molar-refractivity contribution in [1.82, 2.24) is 35.5 Å². The molecule has 12 nitrogen and oxygen atoms in total. The Morgan fingerprint density at radius 1 is 1.00 bits per heavy atom. The fourth-order valence-electron chi connectivity index (χ4n) is 4.47. The molecule has 0 saturated heterocycles. The van der Waals surface area contributed by atoms with E-state index in [0.717, 1.165) is 33.4 Å². The molecule has 0 bridgehead atoms. The molecule has 4 heterocycles. The molecule has 1 amide bonds. The standard InChI is InChI=1S/C29H25N9O3/c1-30-28-32-13-11-22(36-28)23-15-19-14-18(9-10-21(19)34-23)26(39)35-24(27-37-38-29(40)41-27)16-33-25-20(8-5-12-31-25)17-6-3-2-4-7-17/h2-15,24,34H,16H2,1H3,(H,31,33)(H,35,39)(H,38,40)(H,30,32,36)/t24-/m0/s1. The van der Waals surface area contributed by atoms with Gasteiger partial charge in [-0.2, -0.15) is 0 Å². The highest BCUT2D eigenvalue weighted by molar-refractivity contribution is 5.99. The van der Waals surface area contributed by atoms with E-state index in [1.54, 1.807) is 37.6 Å². The zero-order chi connectivity index (χ0) is 28.2. The smallest absolute Gasteiger partial charge is 0.390 e. The van der Waals surface area contributed by atoms with Gasteiger partial charge < -0.3 is 25.4 Å². The van der Waals surface area contributed by atoms with Gasteiger partial charge in [0.15, 0.2) is 0 Å². The predicted octanol–water partition coefficient (Wildman–Crippen LogP) is 3.99. The third-order valence-electron chi connectivity index (χ3n) is 6.46. The average molecular weight is 548 g/mol. The average Bonchev–Trinajstić information content (AvgIpc) is 3.65. The summed E-state index contributed by atoms with van der Waals surface area (Å²) < 4.78 is 5.21. The van der Waals surface area contributed by atoms with Gasteiger partial charge in [0.1, 0.15) is 11.9 Å². The second-order valence-electron chi connectivity index (χ2n) is 9.12. The van der Waals surface area contributed by atoms with Crippen LogP contribution in [0, 0.1) is 0 Å². The molecule has 0 aliphatic rings. The van der Waals surface area contributed by atoms with E-state index in [1.807, 2.05) is 54.6 Å². The van der Waals surface area contributed by atoms with Gasteiger partial charge in [-0.25, -0.2) is 24.8 Å². The van der Waals surface area contributed by atoms with Crippen LogP contribution in [0.25, 0.3) is 33.4 Å². The number of nitrogens with zero attached hydrogens (tertiary/aromatic N) is 4. The summed E-state index contributed by atoms with van der Waals surface area (Å²) in [5.74, 6) is 0.0864. The first kappa shape index (κ1) is 25.5. The van der Waals surface area contributed by atoms with Crippen LogP contribution in [-0.2, 0) is 0 Å². The molecule has 0 unspecified atom stereocenters. The number of anilines is 2. The molecule has 0 radical (unpaired) electrons. The highest BCUT2D eigenvalue weighted by Crippen LogP contribution is 2.27. The van der Waals surface area contributed by atoms with Crippen LogP contribution < -0.4 is 21.7 Å². The van der Waals surface area contributed by atoms with Gasteiger partial charge in [0.25, 0.3) is 5.91 Å². The largest absolute Gasteiger partial charge is 0.434 e. The van der Waals surface area contributed by atoms with Crippen LogP contribution in [0.1, 0.15) is 22.3 Å². The van der Waals surface area contributed by atoms with Crippen LogP contribution in [0.5, 0.6) is 0 Å². The molecule has 0 aliphatic carbocycles. The lowest BCUT2D eigenvalue weighted by atomic mass is 10.1. The lowest BCUT2D eigenvalue weighted by molar-refractivity contribution is 0.0932. The first-order valence-corrected chi connectivity index (χ1v) is 12.8. The molecule has 2 aromatic carbocycles. The van der Waals surface area contributed by atoms with Crippen molar-refractivity contribution in [3.05, 3.63) is 107 Å². The van der Waals surface area contributed by atoms with Gasteiger partial charge in [0, 0.05) is 48.0 Å². The molecule has 12 heteroatoms. The van der Waals surface area contributed by atoms with Crippen LogP contribution in [0.15, 0.2) is 94.4 Å². The quantitative estimate of drug-likeness (QED) is 0.180. The van der Waals surface area contributed by atoms with Crippen molar-refractivity contribution < 1.29 is 9.21 Å². The molecule has 204 valence electrons. The molecule has 6 aromatic rings. The molecule has 0 fully saturated rings. The summed E-state index contributed by atoms with van der Waals surface area (Å²) in [5.41, 5.74) is 4.66. The normalized spacial score (nSPS) is 11.7. The SMILES string of the molecule is CNc1nccc(-c2cc3cc(C(=O)N[C@@H](CNc4ncccc4-c4ccccc4)c4n[nH]c(=O)o4)ccc3[nH]2)n1. The number of carbonyl (C=O) groups excluding carboxylic acids is 1. The van der Waals surface area contributed by atoms with Crippen molar-refractivity contribution in [2.75, 3.05) is 24.2 Å². The minimum absolute atomic E-state index is 0.0437. The molecular weight excluding hydrogens is 522 g/mol. The van der Waals surface area contributed by atoms with Gasteiger partial charge in [0.05, 0.1) is 11.4 Å². The number of fused-ring (bicyclic) bond motifs is 1. The Labute approximate surface area is 233 Å². The van der Waals surface area contributed by atoms with Crippen LogP contribution in [0.2, 0.25) is 0 Å². The van der Waals surface area contributed by atoms with Gasteiger partial charge in [-0.1, -0.05) is 30.3 Å². The highest BCUT2D eigenvalue weighted by atomic mass is 16.4.